The summed E-state index contributed by atoms with van der Waals surface area (Å²) in [5.74, 6) is -2.46. The van der Waals surface area contributed by atoms with Crippen LogP contribution in [0.5, 0.6) is 0 Å². The third-order valence-electron chi connectivity index (χ3n) is 7.06. The van der Waals surface area contributed by atoms with Gasteiger partial charge in [-0.1, -0.05) is 0 Å². The summed E-state index contributed by atoms with van der Waals surface area (Å²) in [5, 5.41) is 10.4. The Bertz CT molecular complexity index is 460. The molecule has 6 unspecified atom stereocenters. The number of carbonyl (C=O) groups is 2. The van der Waals surface area contributed by atoms with Gasteiger partial charge in [-0.25, -0.2) is 4.39 Å². The number of fused-ring (bicyclic) bond motifs is 4. The number of carbonyl (C=O) groups excluding carboxylic acids is 2. The smallest absolute Gasteiger partial charge is 0.321 e. The standard InChI is InChI=1S/C14H15FO4/c15-9-5-1-2-6(9)14-8-4-3-7(10(8)16)13(5,14)11(17)19-12(14)18/h5-10,16H,1-4H2. The van der Waals surface area contributed by atoms with E-state index in [-0.39, 0.29) is 11.8 Å². The first-order valence-electron chi connectivity index (χ1n) is 7.16. The lowest BCUT2D eigenvalue weighted by molar-refractivity contribution is -0.161. The fourth-order valence-corrected chi connectivity index (χ4v) is 6.86. The van der Waals surface area contributed by atoms with Gasteiger partial charge < -0.3 is 9.84 Å². The van der Waals surface area contributed by atoms with Crippen LogP contribution >= 0.6 is 0 Å². The van der Waals surface area contributed by atoms with Gasteiger partial charge in [-0.2, -0.15) is 0 Å². The zero-order valence-electron chi connectivity index (χ0n) is 10.3. The van der Waals surface area contributed by atoms with E-state index in [1.54, 1.807) is 0 Å². The lowest BCUT2D eigenvalue weighted by Crippen LogP contribution is -2.53. The molecule has 0 aromatic rings. The Morgan fingerprint density at radius 1 is 0.947 bits per heavy atom. The van der Waals surface area contributed by atoms with Gasteiger partial charge in [0.1, 0.15) is 6.17 Å². The van der Waals surface area contributed by atoms with Crippen molar-refractivity contribution in [3.63, 3.8) is 0 Å². The van der Waals surface area contributed by atoms with Crippen molar-refractivity contribution in [2.24, 2.45) is 34.5 Å². The molecule has 0 spiro atoms. The molecule has 0 aromatic carbocycles. The van der Waals surface area contributed by atoms with Crippen LogP contribution in [0.4, 0.5) is 4.39 Å². The molecule has 6 atom stereocenters. The molecular weight excluding hydrogens is 251 g/mol. The molecule has 4 nitrogen and oxygen atoms in total. The van der Waals surface area contributed by atoms with Gasteiger partial charge in [-0.05, 0) is 25.7 Å². The van der Waals surface area contributed by atoms with Crippen molar-refractivity contribution in [3.05, 3.63) is 0 Å². The monoisotopic (exact) mass is 266 g/mol. The van der Waals surface area contributed by atoms with Crippen LogP contribution in [0.2, 0.25) is 0 Å². The highest BCUT2D eigenvalue weighted by molar-refractivity contribution is 6.05. The van der Waals surface area contributed by atoms with E-state index >= 15 is 0 Å². The largest absolute Gasteiger partial charge is 0.392 e. The molecule has 1 N–H and O–H groups in total. The van der Waals surface area contributed by atoms with Crippen LogP contribution in [0.3, 0.4) is 0 Å². The molecule has 0 amide bonds. The fourth-order valence-electron chi connectivity index (χ4n) is 6.86. The SMILES string of the molecule is O=C1OC(=O)C23C4CCC(C4O)C12C1CCC3C1F. The zero-order chi connectivity index (χ0) is 13.2. The number of cyclic esters (lactones) is 2. The molecular formula is C14H15FO4. The topological polar surface area (TPSA) is 63.6 Å². The Balaban J connectivity index is 1.87. The molecule has 4 bridgehead atoms. The highest BCUT2D eigenvalue weighted by atomic mass is 19.1. The van der Waals surface area contributed by atoms with Crippen LogP contribution in [0.15, 0.2) is 0 Å². The van der Waals surface area contributed by atoms with Crippen LogP contribution in [-0.4, -0.2) is 29.3 Å². The maximum absolute atomic E-state index is 14.6. The average Bonchev–Trinajstić information content (AvgIpc) is 3.10. The second-order valence-electron chi connectivity index (χ2n) is 6.93. The van der Waals surface area contributed by atoms with Gasteiger partial charge in [0.2, 0.25) is 0 Å². The second kappa shape index (κ2) is 2.73. The maximum atomic E-state index is 14.6. The normalized spacial score (nSPS) is 64.5. The molecule has 102 valence electrons. The Hall–Kier alpha value is -0.970. The summed E-state index contributed by atoms with van der Waals surface area (Å²) in [5.41, 5.74) is -2.07. The minimum absolute atomic E-state index is 0.273. The van der Waals surface area contributed by atoms with Crippen molar-refractivity contribution in [1.29, 1.82) is 0 Å². The molecule has 19 heavy (non-hydrogen) atoms. The number of rotatable bonds is 0. The van der Waals surface area contributed by atoms with E-state index in [9.17, 15) is 19.1 Å². The Morgan fingerprint density at radius 2 is 1.37 bits per heavy atom. The van der Waals surface area contributed by atoms with Crippen molar-refractivity contribution in [2.75, 3.05) is 0 Å². The third kappa shape index (κ3) is 0.702. The van der Waals surface area contributed by atoms with Crippen molar-refractivity contribution in [1.82, 2.24) is 0 Å². The Morgan fingerprint density at radius 3 is 1.84 bits per heavy atom. The number of alkyl halides is 1. The first kappa shape index (κ1) is 10.8. The van der Waals surface area contributed by atoms with E-state index in [0.29, 0.717) is 25.7 Å². The molecule has 0 radical (unpaired) electrons. The highest BCUT2D eigenvalue weighted by Gasteiger charge is 2.92. The third-order valence-corrected chi connectivity index (χ3v) is 7.06. The van der Waals surface area contributed by atoms with Gasteiger partial charge in [0.25, 0.3) is 0 Å². The first-order valence-corrected chi connectivity index (χ1v) is 7.16. The summed E-state index contributed by atoms with van der Waals surface area (Å²) >= 11 is 0. The van der Waals surface area contributed by atoms with Gasteiger partial charge in [0.05, 0.1) is 16.9 Å². The molecule has 5 aliphatic rings. The predicted octanol–water partition coefficient (Wildman–Crippen LogP) is 0.821. The lowest BCUT2D eigenvalue weighted by atomic mass is 9.51. The maximum Gasteiger partial charge on any atom is 0.321 e. The minimum atomic E-state index is -1.08. The summed E-state index contributed by atoms with van der Waals surface area (Å²) < 4.78 is 19.6. The summed E-state index contributed by atoms with van der Waals surface area (Å²) in [7, 11) is 0. The zero-order valence-corrected chi connectivity index (χ0v) is 10.3. The fraction of sp³-hybridized carbons (Fsp3) is 0.857. The molecule has 1 saturated heterocycles. The van der Waals surface area contributed by atoms with Crippen LogP contribution in [0.1, 0.15) is 25.7 Å². The molecule has 5 heteroatoms. The summed E-state index contributed by atoms with van der Waals surface area (Å²) in [4.78, 5) is 24.8. The number of esters is 2. The van der Waals surface area contributed by atoms with E-state index in [1.807, 2.05) is 0 Å². The number of hydrogen-bond acceptors (Lipinski definition) is 4. The van der Waals surface area contributed by atoms with Crippen LogP contribution < -0.4 is 0 Å². The van der Waals surface area contributed by atoms with Gasteiger partial charge in [0, 0.05) is 23.7 Å². The van der Waals surface area contributed by atoms with Gasteiger partial charge in [0.15, 0.2) is 0 Å². The van der Waals surface area contributed by atoms with Crippen LogP contribution in [0.25, 0.3) is 0 Å². The molecule has 0 aromatic heterocycles. The molecule has 4 aliphatic carbocycles. The number of halogens is 1. The van der Waals surface area contributed by atoms with E-state index in [1.165, 1.54) is 0 Å². The molecule has 5 rings (SSSR count). The number of aliphatic hydroxyl groups is 1. The number of ether oxygens (including phenoxy) is 1. The van der Waals surface area contributed by atoms with Crippen molar-refractivity contribution in [2.45, 2.75) is 38.0 Å². The highest BCUT2D eigenvalue weighted by Crippen LogP contribution is 2.83. The molecule has 4 saturated carbocycles. The summed E-state index contributed by atoms with van der Waals surface area (Å²) in [6.07, 6.45) is 1.01. The lowest BCUT2D eigenvalue weighted by Gasteiger charge is -2.45. The molecule has 1 aliphatic heterocycles. The van der Waals surface area contributed by atoms with Gasteiger partial charge >= 0.3 is 11.9 Å². The van der Waals surface area contributed by atoms with Crippen molar-refractivity contribution >= 4 is 11.9 Å². The first-order chi connectivity index (χ1) is 9.07. The Kier molecular flexibility index (Phi) is 1.55. The van der Waals surface area contributed by atoms with Gasteiger partial charge in [-0.3, -0.25) is 9.59 Å². The van der Waals surface area contributed by atoms with Crippen LogP contribution in [0, 0.1) is 34.5 Å². The van der Waals surface area contributed by atoms with E-state index < -0.39 is 46.9 Å². The summed E-state index contributed by atoms with van der Waals surface area (Å²) in [6.45, 7) is 0. The molecule has 1 heterocycles. The van der Waals surface area contributed by atoms with Crippen molar-refractivity contribution < 1.29 is 23.8 Å². The Labute approximate surface area is 109 Å². The molecule has 5 fully saturated rings. The van der Waals surface area contributed by atoms with E-state index in [2.05, 4.69) is 0 Å². The average molecular weight is 266 g/mol. The predicted molar refractivity (Wildman–Crippen MR) is 59.3 cm³/mol. The van der Waals surface area contributed by atoms with Gasteiger partial charge in [-0.15, -0.1) is 0 Å². The number of hydrogen-bond donors (Lipinski definition) is 1. The van der Waals surface area contributed by atoms with Crippen LogP contribution in [-0.2, 0) is 14.3 Å². The van der Waals surface area contributed by atoms with Crippen molar-refractivity contribution in [3.8, 4) is 0 Å². The minimum Gasteiger partial charge on any atom is -0.392 e. The van der Waals surface area contributed by atoms with E-state index in [0.717, 1.165) is 0 Å². The quantitative estimate of drug-likeness (QED) is 0.521. The number of aliphatic hydroxyl groups excluding tert-OH is 1. The second-order valence-corrected chi connectivity index (χ2v) is 6.93. The van der Waals surface area contributed by atoms with E-state index in [4.69, 9.17) is 4.74 Å². The summed E-state index contributed by atoms with van der Waals surface area (Å²) in [6, 6.07) is 0.